The van der Waals surface area contributed by atoms with Crippen LogP contribution in [0, 0.1) is 0 Å². The van der Waals surface area contributed by atoms with Crippen molar-refractivity contribution in [3.63, 3.8) is 0 Å². The Bertz CT molecular complexity index is 852. The molecule has 1 amide bonds. The Morgan fingerprint density at radius 3 is 2.77 bits per heavy atom. The highest BCUT2D eigenvalue weighted by Crippen LogP contribution is 2.29. The first kappa shape index (κ1) is 20.5. The van der Waals surface area contributed by atoms with Gasteiger partial charge in [0.1, 0.15) is 12.3 Å². The minimum Gasteiger partial charge on any atom is -0.495 e. The number of nitrogens with zero attached hydrogens (tertiary/aromatic N) is 7. The van der Waals surface area contributed by atoms with Gasteiger partial charge in [-0.2, -0.15) is 0 Å². The van der Waals surface area contributed by atoms with Crippen LogP contribution in [0.15, 0.2) is 24.3 Å². The lowest BCUT2D eigenvalue weighted by atomic mass is 10.1. The summed E-state index contributed by atoms with van der Waals surface area (Å²) in [6.45, 7) is 8.16. The molecule has 1 unspecified atom stereocenters. The summed E-state index contributed by atoms with van der Waals surface area (Å²) in [7, 11) is 1.68. The van der Waals surface area contributed by atoms with Crippen molar-refractivity contribution >= 4 is 11.6 Å². The normalized spacial score (nSPS) is 20.4. The quantitative estimate of drug-likeness (QED) is 0.664. The first-order valence-corrected chi connectivity index (χ1v) is 10.4. The molecule has 2 aliphatic rings. The van der Waals surface area contributed by atoms with Crippen LogP contribution < -0.4 is 9.64 Å². The van der Waals surface area contributed by atoms with Gasteiger partial charge in [-0.25, -0.2) is 4.68 Å². The largest absolute Gasteiger partial charge is 0.495 e. The molecule has 10 heteroatoms. The molecule has 0 spiro atoms. The Kier molecular flexibility index (Phi) is 6.44. The Balaban J connectivity index is 1.37. The minimum absolute atomic E-state index is 0.0395. The van der Waals surface area contributed by atoms with Crippen LogP contribution in [0.5, 0.6) is 5.75 Å². The van der Waals surface area contributed by atoms with Gasteiger partial charge in [-0.05, 0) is 29.5 Å². The predicted octanol–water partition coefficient (Wildman–Crippen LogP) is 0.251. The number of methoxy groups -OCH3 is 1. The number of tetrazole rings is 1. The highest BCUT2D eigenvalue weighted by molar-refractivity contribution is 5.76. The summed E-state index contributed by atoms with van der Waals surface area (Å²) in [6.07, 6.45) is 0. The number of rotatable bonds is 6. The summed E-state index contributed by atoms with van der Waals surface area (Å²) in [5.74, 6) is 1.61. The molecule has 2 saturated heterocycles. The van der Waals surface area contributed by atoms with Gasteiger partial charge in [0.05, 0.1) is 32.6 Å². The average molecular weight is 415 g/mol. The molecule has 0 bridgehead atoms. The van der Waals surface area contributed by atoms with Gasteiger partial charge in [-0.15, -0.1) is 5.10 Å². The fraction of sp³-hybridized carbons (Fsp3) is 0.600. The van der Waals surface area contributed by atoms with Gasteiger partial charge in [0.25, 0.3) is 0 Å². The molecule has 0 aliphatic carbocycles. The molecule has 162 valence electrons. The van der Waals surface area contributed by atoms with Crippen molar-refractivity contribution < 1.29 is 14.3 Å². The van der Waals surface area contributed by atoms with Crippen LogP contribution in [-0.4, -0.2) is 95.0 Å². The van der Waals surface area contributed by atoms with Crippen molar-refractivity contribution in [1.82, 2.24) is 30.0 Å². The molecule has 30 heavy (non-hydrogen) atoms. The van der Waals surface area contributed by atoms with Crippen molar-refractivity contribution in [2.45, 2.75) is 26.1 Å². The number of piperazine rings is 1. The Morgan fingerprint density at radius 2 is 2.00 bits per heavy atom. The van der Waals surface area contributed by atoms with Gasteiger partial charge >= 0.3 is 0 Å². The van der Waals surface area contributed by atoms with E-state index in [1.807, 2.05) is 23.1 Å². The van der Waals surface area contributed by atoms with E-state index >= 15 is 0 Å². The Hall–Kier alpha value is -2.72. The summed E-state index contributed by atoms with van der Waals surface area (Å²) >= 11 is 0. The van der Waals surface area contributed by atoms with E-state index in [1.165, 1.54) is 0 Å². The predicted molar refractivity (Wildman–Crippen MR) is 110 cm³/mol. The third-order valence-electron chi connectivity index (χ3n) is 5.73. The summed E-state index contributed by atoms with van der Waals surface area (Å²) < 4.78 is 12.5. The van der Waals surface area contributed by atoms with E-state index in [9.17, 15) is 4.79 Å². The molecule has 0 radical (unpaired) electrons. The van der Waals surface area contributed by atoms with Gasteiger partial charge in [-0.3, -0.25) is 9.69 Å². The fourth-order valence-corrected chi connectivity index (χ4v) is 4.08. The van der Waals surface area contributed by atoms with Crippen LogP contribution >= 0.6 is 0 Å². The van der Waals surface area contributed by atoms with Crippen molar-refractivity contribution in [2.75, 3.05) is 57.9 Å². The van der Waals surface area contributed by atoms with Crippen LogP contribution in [0.2, 0.25) is 0 Å². The van der Waals surface area contributed by atoms with E-state index < -0.39 is 0 Å². The smallest absolute Gasteiger partial charge is 0.244 e. The number of aromatic nitrogens is 4. The zero-order chi connectivity index (χ0) is 20.9. The van der Waals surface area contributed by atoms with E-state index in [2.05, 4.69) is 38.3 Å². The fourth-order valence-electron chi connectivity index (χ4n) is 4.08. The van der Waals surface area contributed by atoms with Crippen molar-refractivity contribution in [3.8, 4) is 5.75 Å². The number of ether oxygens (including phenoxy) is 2. The van der Waals surface area contributed by atoms with Gasteiger partial charge in [0.15, 0.2) is 5.82 Å². The second-order valence-electron chi connectivity index (χ2n) is 7.70. The number of anilines is 1. The van der Waals surface area contributed by atoms with Crippen molar-refractivity contribution in [3.05, 3.63) is 30.1 Å². The maximum atomic E-state index is 13.0. The molecule has 0 N–H and O–H groups in total. The molecule has 2 aromatic rings. The van der Waals surface area contributed by atoms with E-state index in [-0.39, 0.29) is 18.5 Å². The molecule has 1 aromatic carbocycles. The van der Waals surface area contributed by atoms with Gasteiger partial charge in [0.2, 0.25) is 5.91 Å². The lowest BCUT2D eigenvalue weighted by Crippen LogP contribution is -2.55. The molecular formula is C20H29N7O3. The van der Waals surface area contributed by atoms with E-state index in [4.69, 9.17) is 9.47 Å². The molecule has 2 fully saturated rings. The second-order valence-corrected chi connectivity index (χ2v) is 7.70. The Labute approximate surface area is 176 Å². The van der Waals surface area contributed by atoms with Crippen LogP contribution in [0.3, 0.4) is 0 Å². The minimum atomic E-state index is 0.0395. The van der Waals surface area contributed by atoms with Crippen molar-refractivity contribution in [2.24, 2.45) is 0 Å². The van der Waals surface area contributed by atoms with Gasteiger partial charge < -0.3 is 19.3 Å². The SMILES string of the molecule is COc1ccccc1N1CCN(C(=O)Cn2nnnc2CN2CCOCC2)C(C)C1. The zero-order valence-corrected chi connectivity index (χ0v) is 17.6. The lowest BCUT2D eigenvalue weighted by molar-refractivity contribution is -0.134. The lowest BCUT2D eigenvalue weighted by Gasteiger charge is -2.41. The third-order valence-corrected chi connectivity index (χ3v) is 5.73. The molecular weight excluding hydrogens is 386 g/mol. The maximum absolute atomic E-state index is 13.0. The molecule has 2 aliphatic heterocycles. The highest BCUT2D eigenvalue weighted by Gasteiger charge is 2.29. The third kappa shape index (κ3) is 4.54. The summed E-state index contributed by atoms with van der Waals surface area (Å²) in [5, 5.41) is 12.0. The van der Waals surface area contributed by atoms with E-state index in [1.54, 1.807) is 11.8 Å². The van der Waals surface area contributed by atoms with Crippen LogP contribution in [0.4, 0.5) is 5.69 Å². The molecule has 1 aromatic heterocycles. The number of hydrogen-bond donors (Lipinski definition) is 0. The van der Waals surface area contributed by atoms with Crippen LogP contribution in [0.1, 0.15) is 12.7 Å². The molecule has 1 atom stereocenters. The van der Waals surface area contributed by atoms with Crippen molar-refractivity contribution in [1.29, 1.82) is 0 Å². The monoisotopic (exact) mass is 415 g/mol. The number of hydrogen-bond acceptors (Lipinski definition) is 8. The maximum Gasteiger partial charge on any atom is 0.244 e. The second kappa shape index (κ2) is 9.40. The first-order chi connectivity index (χ1) is 14.7. The molecule has 3 heterocycles. The van der Waals surface area contributed by atoms with Crippen LogP contribution in [-0.2, 0) is 22.6 Å². The number of morpholine rings is 1. The average Bonchev–Trinajstić information content (AvgIpc) is 3.20. The summed E-state index contributed by atoms with van der Waals surface area (Å²) in [6, 6.07) is 8.07. The summed E-state index contributed by atoms with van der Waals surface area (Å²) in [4.78, 5) is 19.5. The van der Waals surface area contributed by atoms with Crippen LogP contribution in [0.25, 0.3) is 0 Å². The summed E-state index contributed by atoms with van der Waals surface area (Å²) in [5.41, 5.74) is 1.06. The standard InChI is InChI=1S/C20H29N7O3/c1-16-13-25(17-5-3-4-6-18(17)29-2)7-8-26(16)20(28)15-27-19(21-22-23-27)14-24-9-11-30-12-10-24/h3-6,16H,7-15H2,1-2H3. The van der Waals surface area contributed by atoms with Gasteiger partial charge in [0, 0.05) is 38.8 Å². The molecule has 4 rings (SSSR count). The molecule has 10 nitrogen and oxygen atoms in total. The van der Waals surface area contributed by atoms with Gasteiger partial charge in [-0.1, -0.05) is 12.1 Å². The number of carbonyl (C=O) groups is 1. The molecule has 0 saturated carbocycles. The number of amides is 1. The Morgan fingerprint density at radius 1 is 1.20 bits per heavy atom. The first-order valence-electron chi connectivity index (χ1n) is 10.4. The number of benzene rings is 1. The van der Waals surface area contributed by atoms with E-state index in [0.29, 0.717) is 32.1 Å². The number of carbonyl (C=O) groups excluding carboxylic acids is 1. The topological polar surface area (TPSA) is 88.8 Å². The zero-order valence-electron chi connectivity index (χ0n) is 17.6. The number of para-hydroxylation sites is 2. The highest BCUT2D eigenvalue weighted by atomic mass is 16.5. The van der Waals surface area contributed by atoms with E-state index in [0.717, 1.165) is 37.6 Å².